The topological polar surface area (TPSA) is 75.7 Å². The molecule has 1 aromatic carbocycles. The number of benzene rings is 1. The summed E-state index contributed by atoms with van der Waals surface area (Å²) in [7, 11) is 1.28. The first kappa shape index (κ1) is 18.4. The van der Waals surface area contributed by atoms with Crippen molar-refractivity contribution >= 4 is 23.5 Å². The molecule has 2 unspecified atom stereocenters. The molecule has 0 radical (unpaired) electrons. The molecule has 3 rings (SSSR count). The summed E-state index contributed by atoms with van der Waals surface area (Å²) in [5, 5.41) is 2.58. The number of hydrogen-bond donors (Lipinski definition) is 1. The van der Waals surface area contributed by atoms with Gasteiger partial charge in [0.05, 0.1) is 18.4 Å². The number of carbonyl (C=O) groups is 3. The SMILES string of the molecule is COC(=O)c1ccccc1NC(=O)C(=O)N1CC2(C)CC1CC(C)(C)C2. The summed E-state index contributed by atoms with van der Waals surface area (Å²) in [5.41, 5.74) is 0.739. The summed E-state index contributed by atoms with van der Waals surface area (Å²) in [6.45, 7) is 7.24. The van der Waals surface area contributed by atoms with Crippen molar-refractivity contribution in [2.75, 3.05) is 19.0 Å². The maximum absolute atomic E-state index is 12.8. The molecule has 6 nitrogen and oxygen atoms in total. The molecule has 2 bridgehead atoms. The van der Waals surface area contributed by atoms with Gasteiger partial charge in [-0.05, 0) is 42.2 Å². The average Bonchev–Trinajstić information content (AvgIpc) is 2.82. The summed E-state index contributed by atoms with van der Waals surface area (Å²) < 4.78 is 4.73. The lowest BCUT2D eigenvalue weighted by Crippen LogP contribution is -2.43. The highest BCUT2D eigenvalue weighted by Gasteiger charge is 2.51. The molecule has 1 saturated heterocycles. The second kappa shape index (κ2) is 6.41. The lowest BCUT2D eigenvalue weighted by Gasteiger charge is -2.39. The Morgan fingerprint density at radius 3 is 2.54 bits per heavy atom. The van der Waals surface area contributed by atoms with Gasteiger partial charge < -0.3 is 15.0 Å². The molecule has 1 aliphatic heterocycles. The number of likely N-dealkylation sites (tertiary alicyclic amines) is 1. The number of para-hydroxylation sites is 1. The molecule has 6 heteroatoms. The molecule has 26 heavy (non-hydrogen) atoms. The summed E-state index contributed by atoms with van der Waals surface area (Å²) in [4.78, 5) is 38.9. The average molecular weight is 358 g/mol. The highest BCUT2D eigenvalue weighted by Crippen LogP contribution is 2.52. The van der Waals surface area contributed by atoms with Gasteiger partial charge >= 0.3 is 17.8 Å². The van der Waals surface area contributed by atoms with E-state index in [9.17, 15) is 14.4 Å². The van der Waals surface area contributed by atoms with E-state index in [0.29, 0.717) is 6.54 Å². The van der Waals surface area contributed by atoms with E-state index in [1.807, 2.05) is 0 Å². The van der Waals surface area contributed by atoms with Crippen LogP contribution >= 0.6 is 0 Å². The Morgan fingerprint density at radius 2 is 1.85 bits per heavy atom. The van der Waals surface area contributed by atoms with E-state index in [1.165, 1.54) is 7.11 Å². The predicted molar refractivity (Wildman–Crippen MR) is 97.7 cm³/mol. The van der Waals surface area contributed by atoms with Gasteiger partial charge in [-0.1, -0.05) is 32.9 Å². The first-order valence-corrected chi connectivity index (χ1v) is 8.93. The lowest BCUT2D eigenvalue weighted by atomic mass is 9.65. The van der Waals surface area contributed by atoms with Crippen LogP contribution in [0.1, 0.15) is 50.4 Å². The van der Waals surface area contributed by atoms with Gasteiger partial charge in [-0.25, -0.2) is 4.79 Å². The van der Waals surface area contributed by atoms with Gasteiger partial charge in [0.25, 0.3) is 0 Å². The monoisotopic (exact) mass is 358 g/mol. The number of nitrogens with one attached hydrogen (secondary N) is 1. The zero-order chi connectivity index (χ0) is 19.1. The van der Waals surface area contributed by atoms with Crippen LogP contribution in [0, 0.1) is 10.8 Å². The Hall–Kier alpha value is -2.37. The molecule has 2 atom stereocenters. The minimum Gasteiger partial charge on any atom is -0.465 e. The van der Waals surface area contributed by atoms with Crippen molar-refractivity contribution in [2.24, 2.45) is 10.8 Å². The molecule has 1 N–H and O–H groups in total. The molecule has 2 amide bonds. The van der Waals surface area contributed by atoms with Gasteiger partial charge in [0.1, 0.15) is 0 Å². The Morgan fingerprint density at radius 1 is 1.15 bits per heavy atom. The number of anilines is 1. The van der Waals surface area contributed by atoms with E-state index in [-0.39, 0.29) is 28.1 Å². The van der Waals surface area contributed by atoms with Crippen molar-refractivity contribution in [1.82, 2.24) is 4.90 Å². The van der Waals surface area contributed by atoms with Crippen molar-refractivity contribution in [3.05, 3.63) is 29.8 Å². The van der Waals surface area contributed by atoms with Crippen LogP contribution in [-0.2, 0) is 14.3 Å². The summed E-state index contributed by atoms with van der Waals surface area (Å²) in [6, 6.07) is 6.61. The number of methoxy groups -OCH3 is 1. The molecule has 2 fully saturated rings. The minimum absolute atomic E-state index is 0.0618. The number of nitrogens with zero attached hydrogens (tertiary/aromatic N) is 1. The third-order valence-corrected chi connectivity index (χ3v) is 5.45. The molecular formula is C20H26N2O4. The van der Waals surface area contributed by atoms with Crippen molar-refractivity contribution < 1.29 is 19.1 Å². The number of rotatable bonds is 2. The van der Waals surface area contributed by atoms with E-state index in [0.717, 1.165) is 19.3 Å². The summed E-state index contributed by atoms with van der Waals surface area (Å²) in [5.74, 6) is -1.80. The molecule has 140 valence electrons. The number of hydrogen-bond acceptors (Lipinski definition) is 4. The normalized spacial score (nSPS) is 26.3. The largest absolute Gasteiger partial charge is 0.465 e. The molecule has 1 heterocycles. The zero-order valence-corrected chi connectivity index (χ0v) is 15.8. The van der Waals surface area contributed by atoms with Crippen LogP contribution in [-0.4, -0.2) is 42.4 Å². The van der Waals surface area contributed by atoms with E-state index in [1.54, 1.807) is 29.2 Å². The molecule has 0 aromatic heterocycles. The van der Waals surface area contributed by atoms with Gasteiger partial charge in [-0.3, -0.25) is 9.59 Å². The number of amides is 2. The molecule has 1 saturated carbocycles. The highest BCUT2D eigenvalue weighted by atomic mass is 16.5. The second-order valence-electron chi connectivity index (χ2n) is 8.64. The van der Waals surface area contributed by atoms with Crippen LogP contribution in [0.15, 0.2) is 24.3 Å². The van der Waals surface area contributed by atoms with E-state index < -0.39 is 17.8 Å². The van der Waals surface area contributed by atoms with Crippen molar-refractivity contribution in [1.29, 1.82) is 0 Å². The fourth-order valence-corrected chi connectivity index (χ4v) is 4.88. The smallest absolute Gasteiger partial charge is 0.339 e. The Labute approximate surface area is 153 Å². The summed E-state index contributed by atoms with van der Waals surface area (Å²) in [6.07, 6.45) is 2.89. The number of esters is 1. The standard InChI is InChI=1S/C20H26N2O4/c1-19(2)9-13-10-20(3,11-19)12-22(13)17(24)16(23)21-15-8-6-5-7-14(15)18(25)26-4/h5-8,13H,9-12H2,1-4H3,(H,21,23). The molecule has 1 aromatic rings. The Balaban J connectivity index is 1.76. The fourth-order valence-electron chi connectivity index (χ4n) is 4.88. The number of fused-ring (bicyclic) bond motifs is 2. The Kier molecular flexibility index (Phi) is 4.54. The maximum Gasteiger partial charge on any atom is 0.339 e. The van der Waals surface area contributed by atoms with Gasteiger partial charge in [0.15, 0.2) is 0 Å². The first-order valence-electron chi connectivity index (χ1n) is 8.93. The van der Waals surface area contributed by atoms with Crippen LogP contribution < -0.4 is 5.32 Å². The van der Waals surface area contributed by atoms with Crippen molar-refractivity contribution in [3.8, 4) is 0 Å². The van der Waals surface area contributed by atoms with Gasteiger partial charge in [0, 0.05) is 12.6 Å². The van der Waals surface area contributed by atoms with E-state index in [4.69, 9.17) is 4.74 Å². The van der Waals surface area contributed by atoms with Gasteiger partial charge in [0.2, 0.25) is 0 Å². The third kappa shape index (κ3) is 3.45. The van der Waals surface area contributed by atoms with Crippen LogP contribution in [0.2, 0.25) is 0 Å². The minimum atomic E-state index is -0.713. The van der Waals surface area contributed by atoms with Crippen molar-refractivity contribution in [3.63, 3.8) is 0 Å². The lowest BCUT2D eigenvalue weighted by molar-refractivity contribution is -0.144. The fraction of sp³-hybridized carbons (Fsp3) is 0.550. The Bertz CT molecular complexity index is 758. The van der Waals surface area contributed by atoms with E-state index >= 15 is 0 Å². The van der Waals surface area contributed by atoms with Crippen LogP contribution in [0.5, 0.6) is 0 Å². The van der Waals surface area contributed by atoms with Gasteiger partial charge in [-0.2, -0.15) is 0 Å². The van der Waals surface area contributed by atoms with Crippen LogP contribution in [0.3, 0.4) is 0 Å². The molecule has 0 spiro atoms. The van der Waals surface area contributed by atoms with Crippen LogP contribution in [0.4, 0.5) is 5.69 Å². The summed E-state index contributed by atoms with van der Waals surface area (Å²) >= 11 is 0. The van der Waals surface area contributed by atoms with Crippen molar-refractivity contribution in [2.45, 2.75) is 46.1 Å². The first-order chi connectivity index (χ1) is 12.1. The molecule has 1 aliphatic carbocycles. The molecule has 2 aliphatic rings. The predicted octanol–water partition coefficient (Wildman–Crippen LogP) is 2.84. The quantitative estimate of drug-likeness (QED) is 0.651. The van der Waals surface area contributed by atoms with Crippen LogP contribution in [0.25, 0.3) is 0 Å². The number of ether oxygens (including phenoxy) is 1. The third-order valence-electron chi connectivity index (χ3n) is 5.45. The van der Waals surface area contributed by atoms with E-state index in [2.05, 4.69) is 26.1 Å². The number of carbonyl (C=O) groups excluding carboxylic acids is 3. The maximum atomic E-state index is 12.8. The second-order valence-corrected chi connectivity index (χ2v) is 8.64. The zero-order valence-electron chi connectivity index (χ0n) is 15.8. The van der Waals surface area contributed by atoms with Gasteiger partial charge in [-0.15, -0.1) is 0 Å². The molecular weight excluding hydrogens is 332 g/mol. The highest BCUT2D eigenvalue weighted by molar-refractivity contribution is 6.40.